The molecule has 6 heteroatoms. The fraction of sp³-hybridized carbons (Fsp3) is 0.176. The molecule has 1 N–H and O–H groups in total. The first-order valence-electron chi connectivity index (χ1n) is 7.04. The van der Waals surface area contributed by atoms with Crippen molar-refractivity contribution in [2.45, 2.75) is 6.92 Å². The van der Waals surface area contributed by atoms with Gasteiger partial charge >= 0.3 is 5.97 Å². The van der Waals surface area contributed by atoms with Crippen molar-refractivity contribution in [1.29, 1.82) is 0 Å². The van der Waals surface area contributed by atoms with Crippen molar-refractivity contribution >= 4 is 33.5 Å². The summed E-state index contributed by atoms with van der Waals surface area (Å²) in [5.41, 5.74) is 0.899. The molecule has 0 bridgehead atoms. The summed E-state index contributed by atoms with van der Waals surface area (Å²) in [6.07, 6.45) is 0. The predicted molar refractivity (Wildman–Crippen MR) is 90.7 cm³/mol. The highest BCUT2D eigenvalue weighted by Crippen LogP contribution is 2.18. The maximum absolute atomic E-state index is 11.9. The summed E-state index contributed by atoms with van der Waals surface area (Å²) in [7, 11) is 0. The highest BCUT2D eigenvalue weighted by molar-refractivity contribution is 9.10. The molecule has 2 rings (SSSR count). The van der Waals surface area contributed by atoms with E-state index in [0.717, 1.165) is 4.47 Å². The standard InChI is InChI=1S/C17H16BrNO4/c1-2-22-17(21)12-5-3-7-14(9-12)19-16(20)11-23-15-8-4-6-13(18)10-15/h3-10H,2,11H2,1H3,(H,19,20). The Balaban J connectivity index is 1.92. The van der Waals surface area contributed by atoms with Crippen LogP contribution in [0.4, 0.5) is 5.69 Å². The summed E-state index contributed by atoms with van der Waals surface area (Å²) in [5, 5.41) is 2.68. The van der Waals surface area contributed by atoms with Crippen molar-refractivity contribution in [3.63, 3.8) is 0 Å². The molecule has 0 fully saturated rings. The third-order valence-electron chi connectivity index (χ3n) is 2.82. The molecule has 23 heavy (non-hydrogen) atoms. The lowest BCUT2D eigenvalue weighted by Gasteiger charge is -2.09. The van der Waals surface area contributed by atoms with E-state index in [0.29, 0.717) is 23.6 Å². The number of anilines is 1. The fourth-order valence-electron chi connectivity index (χ4n) is 1.84. The van der Waals surface area contributed by atoms with E-state index >= 15 is 0 Å². The van der Waals surface area contributed by atoms with E-state index in [1.165, 1.54) is 0 Å². The molecule has 0 saturated heterocycles. The van der Waals surface area contributed by atoms with Gasteiger partial charge < -0.3 is 14.8 Å². The Morgan fingerprint density at radius 3 is 2.65 bits per heavy atom. The van der Waals surface area contributed by atoms with E-state index in [2.05, 4.69) is 21.2 Å². The highest BCUT2D eigenvalue weighted by Gasteiger charge is 2.09. The molecule has 2 aromatic carbocycles. The number of hydrogen-bond donors (Lipinski definition) is 1. The number of benzene rings is 2. The first kappa shape index (κ1) is 17.0. The second-order valence-electron chi connectivity index (χ2n) is 4.60. The van der Waals surface area contributed by atoms with Crippen LogP contribution in [0, 0.1) is 0 Å². The number of amides is 1. The van der Waals surface area contributed by atoms with Gasteiger partial charge in [-0.3, -0.25) is 4.79 Å². The number of carbonyl (C=O) groups is 2. The Morgan fingerprint density at radius 1 is 1.13 bits per heavy atom. The van der Waals surface area contributed by atoms with Crippen LogP contribution in [-0.2, 0) is 9.53 Å². The number of hydrogen-bond acceptors (Lipinski definition) is 4. The Labute approximate surface area is 142 Å². The van der Waals surface area contributed by atoms with Crippen molar-refractivity contribution < 1.29 is 19.1 Å². The largest absolute Gasteiger partial charge is 0.484 e. The zero-order valence-corrected chi connectivity index (χ0v) is 14.1. The molecule has 1 amide bonds. The van der Waals surface area contributed by atoms with E-state index in [1.807, 2.05) is 12.1 Å². The maximum Gasteiger partial charge on any atom is 0.338 e. The highest BCUT2D eigenvalue weighted by atomic mass is 79.9. The summed E-state index contributed by atoms with van der Waals surface area (Å²) in [5.74, 6) is -0.144. The first-order chi connectivity index (χ1) is 11.1. The number of carbonyl (C=O) groups excluding carboxylic acids is 2. The van der Waals surface area contributed by atoms with Gasteiger partial charge in [0.05, 0.1) is 12.2 Å². The van der Waals surface area contributed by atoms with Crippen molar-refractivity contribution in [3.8, 4) is 5.75 Å². The average molecular weight is 378 g/mol. The van der Waals surface area contributed by atoms with Gasteiger partial charge in [-0.2, -0.15) is 0 Å². The summed E-state index contributed by atoms with van der Waals surface area (Å²) < 4.78 is 11.2. The molecule has 0 aromatic heterocycles. The minimum Gasteiger partial charge on any atom is -0.484 e. The monoisotopic (exact) mass is 377 g/mol. The summed E-state index contributed by atoms with van der Waals surface area (Å²) >= 11 is 3.33. The molecule has 2 aromatic rings. The van der Waals surface area contributed by atoms with Crippen LogP contribution >= 0.6 is 15.9 Å². The van der Waals surface area contributed by atoms with Crippen LogP contribution in [0.5, 0.6) is 5.75 Å². The smallest absolute Gasteiger partial charge is 0.338 e. The van der Waals surface area contributed by atoms with Crippen LogP contribution < -0.4 is 10.1 Å². The van der Waals surface area contributed by atoms with Gasteiger partial charge in [-0.25, -0.2) is 4.79 Å². The minimum atomic E-state index is -0.422. The van der Waals surface area contributed by atoms with E-state index in [-0.39, 0.29) is 12.5 Å². The molecule has 0 aliphatic rings. The van der Waals surface area contributed by atoms with Gasteiger partial charge in [0, 0.05) is 10.2 Å². The third kappa shape index (κ3) is 5.41. The Kier molecular flexibility index (Phi) is 6.17. The Morgan fingerprint density at radius 2 is 1.91 bits per heavy atom. The van der Waals surface area contributed by atoms with E-state index in [9.17, 15) is 9.59 Å². The number of rotatable bonds is 6. The molecular weight excluding hydrogens is 362 g/mol. The lowest BCUT2D eigenvalue weighted by atomic mass is 10.2. The number of nitrogens with one attached hydrogen (secondary N) is 1. The van der Waals surface area contributed by atoms with Crippen LogP contribution in [0.1, 0.15) is 17.3 Å². The molecule has 0 spiro atoms. The van der Waals surface area contributed by atoms with Gasteiger partial charge in [0.2, 0.25) is 0 Å². The number of esters is 1. The van der Waals surface area contributed by atoms with E-state index < -0.39 is 5.97 Å². The molecule has 0 atom stereocenters. The molecule has 0 heterocycles. The molecule has 0 radical (unpaired) electrons. The molecule has 0 saturated carbocycles. The summed E-state index contributed by atoms with van der Waals surface area (Å²) in [6.45, 7) is 1.92. The normalized spacial score (nSPS) is 10.0. The maximum atomic E-state index is 11.9. The molecule has 120 valence electrons. The lowest BCUT2D eigenvalue weighted by molar-refractivity contribution is -0.118. The van der Waals surface area contributed by atoms with Gasteiger partial charge in [0.1, 0.15) is 5.75 Å². The number of halogens is 1. The van der Waals surface area contributed by atoms with Crippen molar-refractivity contribution in [2.24, 2.45) is 0 Å². The summed E-state index contributed by atoms with van der Waals surface area (Å²) in [6, 6.07) is 13.8. The van der Waals surface area contributed by atoms with Crippen LogP contribution in [0.25, 0.3) is 0 Å². The first-order valence-corrected chi connectivity index (χ1v) is 7.83. The van der Waals surface area contributed by atoms with Crippen molar-refractivity contribution in [1.82, 2.24) is 0 Å². The SMILES string of the molecule is CCOC(=O)c1cccc(NC(=O)COc2cccc(Br)c2)c1. The van der Waals surface area contributed by atoms with Crippen LogP contribution in [0.2, 0.25) is 0 Å². The molecule has 0 unspecified atom stereocenters. The van der Waals surface area contributed by atoms with Gasteiger partial charge in [-0.05, 0) is 43.3 Å². The van der Waals surface area contributed by atoms with Crippen LogP contribution in [0.15, 0.2) is 53.0 Å². The van der Waals surface area contributed by atoms with Crippen LogP contribution in [0.3, 0.4) is 0 Å². The van der Waals surface area contributed by atoms with E-state index in [4.69, 9.17) is 9.47 Å². The van der Waals surface area contributed by atoms with Crippen molar-refractivity contribution in [2.75, 3.05) is 18.5 Å². The quantitative estimate of drug-likeness (QED) is 0.780. The summed E-state index contributed by atoms with van der Waals surface area (Å²) in [4.78, 5) is 23.6. The Hall–Kier alpha value is -2.34. The number of ether oxygens (including phenoxy) is 2. The third-order valence-corrected chi connectivity index (χ3v) is 3.32. The van der Waals surface area contributed by atoms with Gasteiger partial charge in [0.25, 0.3) is 5.91 Å². The van der Waals surface area contributed by atoms with Gasteiger partial charge in [-0.15, -0.1) is 0 Å². The predicted octanol–water partition coefficient (Wildman–Crippen LogP) is 3.64. The van der Waals surface area contributed by atoms with Gasteiger partial charge in [0.15, 0.2) is 6.61 Å². The zero-order chi connectivity index (χ0) is 16.7. The zero-order valence-electron chi connectivity index (χ0n) is 12.5. The van der Waals surface area contributed by atoms with Gasteiger partial charge in [-0.1, -0.05) is 28.1 Å². The minimum absolute atomic E-state index is 0.125. The topological polar surface area (TPSA) is 64.6 Å². The van der Waals surface area contributed by atoms with Crippen LogP contribution in [-0.4, -0.2) is 25.1 Å². The second kappa shape index (κ2) is 8.33. The fourth-order valence-corrected chi connectivity index (χ4v) is 2.22. The van der Waals surface area contributed by atoms with E-state index in [1.54, 1.807) is 43.3 Å². The molecule has 0 aliphatic heterocycles. The molecular formula is C17H16BrNO4. The lowest BCUT2D eigenvalue weighted by Crippen LogP contribution is -2.20. The molecule has 0 aliphatic carbocycles. The average Bonchev–Trinajstić information content (AvgIpc) is 2.53. The molecule has 5 nitrogen and oxygen atoms in total. The second-order valence-corrected chi connectivity index (χ2v) is 5.51. The Bertz CT molecular complexity index is 702. The van der Waals surface area contributed by atoms with Crippen molar-refractivity contribution in [3.05, 3.63) is 58.6 Å².